The first-order valence-corrected chi connectivity index (χ1v) is 8.18. The summed E-state index contributed by atoms with van der Waals surface area (Å²) in [4.78, 5) is 11.9. The molecule has 0 radical (unpaired) electrons. The normalized spacial score (nSPS) is 36.5. The summed E-state index contributed by atoms with van der Waals surface area (Å²) in [7, 11) is -3.42. The molecule has 1 amide bonds. The number of carbonyl (C=O) groups excluding carboxylic acids is 1. The lowest BCUT2D eigenvalue weighted by Crippen LogP contribution is -2.50. The topological polar surface area (TPSA) is 63.2 Å². The fourth-order valence-corrected chi connectivity index (χ4v) is 3.98. The van der Waals surface area contributed by atoms with Gasteiger partial charge in [-0.1, -0.05) is 13.8 Å². The minimum Gasteiger partial charge on any atom is -0.274 e. The highest BCUT2D eigenvalue weighted by Gasteiger charge is 2.49. The second kappa shape index (κ2) is 4.26. The van der Waals surface area contributed by atoms with Crippen LogP contribution < -0.4 is 4.72 Å². The van der Waals surface area contributed by atoms with E-state index in [9.17, 15) is 13.2 Å². The Morgan fingerprint density at radius 1 is 1.18 bits per heavy atom. The van der Waals surface area contributed by atoms with Crippen molar-refractivity contribution in [2.75, 3.05) is 6.26 Å². The van der Waals surface area contributed by atoms with Crippen molar-refractivity contribution in [1.82, 2.24) is 4.72 Å². The lowest BCUT2D eigenvalue weighted by atomic mass is 9.53. The summed E-state index contributed by atoms with van der Waals surface area (Å²) in [5, 5.41) is 0. The van der Waals surface area contributed by atoms with Crippen LogP contribution in [-0.2, 0) is 14.8 Å². The Labute approximate surface area is 103 Å². The van der Waals surface area contributed by atoms with Gasteiger partial charge in [-0.05, 0) is 42.9 Å². The summed E-state index contributed by atoms with van der Waals surface area (Å²) < 4.78 is 24.3. The Balaban J connectivity index is 2.04. The van der Waals surface area contributed by atoms with E-state index in [2.05, 4.69) is 18.6 Å². The Hall–Kier alpha value is -0.580. The number of nitrogens with one attached hydrogen (secondary N) is 1. The molecule has 0 aromatic carbocycles. The average Bonchev–Trinajstić information content (AvgIpc) is 2.12. The number of hydrogen-bond acceptors (Lipinski definition) is 3. The lowest BCUT2D eigenvalue weighted by Gasteiger charge is -2.52. The molecule has 3 aliphatic carbocycles. The second-order valence-corrected chi connectivity index (χ2v) is 7.73. The van der Waals surface area contributed by atoms with E-state index < -0.39 is 10.0 Å². The SMILES string of the molecule is CC(C)[C@@H]1CC(C(=O)NS(C)(=O)=O)C2CC1C2. The Bertz CT molecular complexity index is 409. The van der Waals surface area contributed by atoms with E-state index in [1.165, 1.54) is 0 Å². The maximum atomic E-state index is 11.9. The van der Waals surface area contributed by atoms with Crippen LogP contribution >= 0.6 is 0 Å². The van der Waals surface area contributed by atoms with E-state index in [-0.39, 0.29) is 11.8 Å². The van der Waals surface area contributed by atoms with E-state index in [0.29, 0.717) is 17.8 Å². The van der Waals surface area contributed by atoms with Gasteiger partial charge >= 0.3 is 0 Å². The van der Waals surface area contributed by atoms with Gasteiger partial charge in [-0.2, -0.15) is 0 Å². The highest BCUT2D eigenvalue weighted by atomic mass is 32.2. The van der Waals surface area contributed by atoms with Crippen molar-refractivity contribution in [2.45, 2.75) is 33.1 Å². The third kappa shape index (κ3) is 2.64. The standard InChI is InChI=1S/C12H21NO3S/c1-7(2)10-6-11(9-4-8(10)5-9)12(14)13-17(3,15)16/h7-11H,4-6H2,1-3H3,(H,13,14)/t8?,9?,10-,11?/m0/s1. The van der Waals surface area contributed by atoms with Crippen LogP contribution in [0.15, 0.2) is 0 Å². The van der Waals surface area contributed by atoms with Crippen LogP contribution in [0, 0.1) is 29.6 Å². The molecular weight excluding hydrogens is 238 g/mol. The van der Waals surface area contributed by atoms with Crippen LogP contribution in [0.25, 0.3) is 0 Å². The zero-order chi connectivity index (χ0) is 12.8. The maximum Gasteiger partial charge on any atom is 0.236 e. The third-order valence-electron chi connectivity index (χ3n) is 4.39. The number of amides is 1. The van der Waals surface area contributed by atoms with Gasteiger partial charge in [-0.15, -0.1) is 0 Å². The van der Waals surface area contributed by atoms with Crippen molar-refractivity contribution in [2.24, 2.45) is 29.6 Å². The summed E-state index contributed by atoms with van der Waals surface area (Å²) in [6.45, 7) is 4.38. The molecule has 0 spiro atoms. The molecule has 3 saturated carbocycles. The molecule has 0 saturated heterocycles. The van der Waals surface area contributed by atoms with Crippen molar-refractivity contribution >= 4 is 15.9 Å². The van der Waals surface area contributed by atoms with E-state index in [0.717, 1.165) is 31.4 Å². The molecule has 2 atom stereocenters. The first-order valence-electron chi connectivity index (χ1n) is 6.29. The van der Waals surface area contributed by atoms with Crippen molar-refractivity contribution in [3.8, 4) is 0 Å². The molecular formula is C12H21NO3S. The van der Waals surface area contributed by atoms with Gasteiger partial charge in [0, 0.05) is 5.92 Å². The molecule has 17 heavy (non-hydrogen) atoms. The summed E-state index contributed by atoms with van der Waals surface area (Å²) in [5.41, 5.74) is 0. The van der Waals surface area contributed by atoms with Gasteiger partial charge in [-0.3, -0.25) is 9.52 Å². The van der Waals surface area contributed by atoms with Crippen LogP contribution in [0.1, 0.15) is 33.1 Å². The molecule has 0 aliphatic heterocycles. The Morgan fingerprint density at radius 2 is 1.76 bits per heavy atom. The molecule has 5 heteroatoms. The summed E-state index contributed by atoms with van der Waals surface area (Å²) in [5.74, 6) is 1.95. The number of sulfonamides is 1. The molecule has 2 bridgehead atoms. The lowest BCUT2D eigenvalue weighted by molar-refractivity contribution is -0.133. The third-order valence-corrected chi connectivity index (χ3v) is 4.96. The second-order valence-electron chi connectivity index (χ2n) is 5.98. The molecule has 4 nitrogen and oxygen atoms in total. The average molecular weight is 259 g/mol. The van der Waals surface area contributed by atoms with Crippen LogP contribution in [0.5, 0.6) is 0 Å². The van der Waals surface area contributed by atoms with Crippen molar-refractivity contribution < 1.29 is 13.2 Å². The van der Waals surface area contributed by atoms with Crippen LogP contribution in [0.4, 0.5) is 0 Å². The number of fused-ring (bicyclic) bond motifs is 2. The van der Waals surface area contributed by atoms with Crippen molar-refractivity contribution in [3.05, 3.63) is 0 Å². The maximum absolute atomic E-state index is 11.9. The number of hydrogen-bond donors (Lipinski definition) is 1. The zero-order valence-electron chi connectivity index (χ0n) is 10.6. The molecule has 0 aromatic heterocycles. The van der Waals surface area contributed by atoms with Gasteiger partial charge in [0.2, 0.25) is 15.9 Å². The zero-order valence-corrected chi connectivity index (χ0v) is 11.5. The van der Waals surface area contributed by atoms with Gasteiger partial charge in [0.1, 0.15) is 0 Å². The molecule has 3 fully saturated rings. The van der Waals surface area contributed by atoms with Crippen molar-refractivity contribution in [1.29, 1.82) is 0 Å². The predicted molar refractivity (Wildman–Crippen MR) is 65.6 cm³/mol. The van der Waals surface area contributed by atoms with Gasteiger partial charge in [0.15, 0.2) is 0 Å². The fourth-order valence-electron chi connectivity index (χ4n) is 3.46. The highest BCUT2D eigenvalue weighted by Crippen LogP contribution is 2.54. The molecule has 0 heterocycles. The molecule has 98 valence electrons. The van der Waals surface area contributed by atoms with Gasteiger partial charge < -0.3 is 0 Å². The predicted octanol–water partition coefficient (Wildman–Crippen LogP) is 1.38. The van der Waals surface area contributed by atoms with Crippen LogP contribution in [0.2, 0.25) is 0 Å². The van der Waals surface area contributed by atoms with E-state index in [1.807, 2.05) is 0 Å². The minimum atomic E-state index is -3.42. The Kier molecular flexibility index (Phi) is 3.23. The number of carbonyl (C=O) groups is 1. The van der Waals surface area contributed by atoms with Gasteiger partial charge in [0.25, 0.3) is 0 Å². The smallest absolute Gasteiger partial charge is 0.236 e. The quantitative estimate of drug-likeness (QED) is 0.833. The molecule has 0 aromatic rings. The molecule has 1 unspecified atom stereocenters. The Morgan fingerprint density at radius 3 is 2.24 bits per heavy atom. The van der Waals surface area contributed by atoms with Gasteiger partial charge in [-0.25, -0.2) is 8.42 Å². The highest BCUT2D eigenvalue weighted by molar-refractivity contribution is 7.89. The first-order chi connectivity index (χ1) is 7.78. The van der Waals surface area contributed by atoms with Crippen LogP contribution in [-0.4, -0.2) is 20.6 Å². The largest absolute Gasteiger partial charge is 0.274 e. The van der Waals surface area contributed by atoms with Crippen molar-refractivity contribution in [3.63, 3.8) is 0 Å². The molecule has 3 aliphatic rings. The number of rotatable bonds is 3. The minimum absolute atomic E-state index is 0.0953. The summed E-state index contributed by atoms with van der Waals surface area (Å²) in [6.07, 6.45) is 4.10. The van der Waals surface area contributed by atoms with E-state index in [4.69, 9.17) is 0 Å². The summed E-state index contributed by atoms with van der Waals surface area (Å²) >= 11 is 0. The van der Waals surface area contributed by atoms with Gasteiger partial charge in [0.05, 0.1) is 6.26 Å². The summed E-state index contributed by atoms with van der Waals surface area (Å²) in [6, 6.07) is 0. The molecule has 1 N–H and O–H groups in total. The first kappa shape index (κ1) is 12.9. The molecule has 3 rings (SSSR count). The monoisotopic (exact) mass is 259 g/mol. The van der Waals surface area contributed by atoms with Crippen LogP contribution in [0.3, 0.4) is 0 Å². The van der Waals surface area contributed by atoms with E-state index >= 15 is 0 Å². The fraction of sp³-hybridized carbons (Fsp3) is 0.917. The van der Waals surface area contributed by atoms with E-state index in [1.54, 1.807) is 0 Å².